The number of hydrogen-bond donors (Lipinski definition) is 1. The van der Waals surface area contributed by atoms with Gasteiger partial charge < -0.3 is 5.73 Å². The largest absolute Gasteiger partial charge is 0.366 e. The lowest BCUT2D eigenvalue weighted by Gasteiger charge is -2.23. The summed E-state index contributed by atoms with van der Waals surface area (Å²) in [7, 11) is 0. The Morgan fingerprint density at radius 3 is 2.69 bits per heavy atom. The number of nitrogens with two attached hydrogens (primary N) is 1. The highest BCUT2D eigenvalue weighted by atomic mass is 16.1. The molecule has 0 bridgehead atoms. The molecule has 1 aromatic heterocycles. The van der Waals surface area contributed by atoms with Crippen LogP contribution in [0.2, 0.25) is 0 Å². The van der Waals surface area contributed by atoms with Gasteiger partial charge in [0.1, 0.15) is 0 Å². The Balaban J connectivity index is 2.98. The normalized spacial score (nSPS) is 11.6. The van der Waals surface area contributed by atoms with E-state index >= 15 is 0 Å². The Labute approximate surface area is 77.7 Å². The van der Waals surface area contributed by atoms with Crippen LogP contribution in [0, 0.1) is 0 Å². The van der Waals surface area contributed by atoms with Gasteiger partial charge in [-0.2, -0.15) is 5.10 Å². The van der Waals surface area contributed by atoms with Crippen molar-refractivity contribution in [3.8, 4) is 0 Å². The van der Waals surface area contributed by atoms with Gasteiger partial charge in [0.05, 0.1) is 17.3 Å². The predicted molar refractivity (Wildman–Crippen MR) is 50.4 cm³/mol. The van der Waals surface area contributed by atoms with Crippen molar-refractivity contribution in [1.82, 2.24) is 9.78 Å². The zero-order valence-corrected chi connectivity index (χ0v) is 8.24. The van der Waals surface area contributed by atoms with Crippen LogP contribution in [0.1, 0.15) is 37.6 Å². The number of nitrogens with zero attached hydrogens (tertiary/aromatic N) is 2. The summed E-state index contributed by atoms with van der Waals surface area (Å²) >= 11 is 0. The van der Waals surface area contributed by atoms with Crippen LogP contribution in [0.15, 0.2) is 12.4 Å². The van der Waals surface area contributed by atoms with Crippen molar-refractivity contribution in [2.75, 3.05) is 0 Å². The fourth-order valence-corrected chi connectivity index (χ4v) is 0.943. The molecule has 0 radical (unpaired) electrons. The summed E-state index contributed by atoms with van der Waals surface area (Å²) < 4.78 is 1.77. The maximum atomic E-state index is 10.8. The van der Waals surface area contributed by atoms with Crippen molar-refractivity contribution in [1.29, 1.82) is 0 Å². The third-order valence-electron chi connectivity index (χ3n) is 2.35. The number of carbonyl (C=O) groups is 1. The Bertz CT molecular complexity index is 314. The van der Waals surface area contributed by atoms with Gasteiger partial charge in [0.2, 0.25) is 0 Å². The Morgan fingerprint density at radius 2 is 2.31 bits per heavy atom. The van der Waals surface area contributed by atoms with Crippen molar-refractivity contribution in [3.63, 3.8) is 0 Å². The molecule has 0 aliphatic carbocycles. The molecular weight excluding hydrogens is 166 g/mol. The van der Waals surface area contributed by atoms with Crippen molar-refractivity contribution >= 4 is 5.91 Å². The number of amides is 1. The van der Waals surface area contributed by atoms with E-state index in [2.05, 4.69) is 25.9 Å². The zero-order chi connectivity index (χ0) is 10.1. The average Bonchev–Trinajstić information content (AvgIpc) is 2.52. The quantitative estimate of drug-likeness (QED) is 0.759. The van der Waals surface area contributed by atoms with Crippen LogP contribution in [0.4, 0.5) is 0 Å². The second-order valence-electron chi connectivity index (χ2n) is 3.70. The van der Waals surface area contributed by atoms with Gasteiger partial charge in [-0.1, -0.05) is 6.92 Å². The van der Waals surface area contributed by atoms with Crippen LogP contribution in [0.5, 0.6) is 0 Å². The first-order valence-electron chi connectivity index (χ1n) is 4.32. The first-order valence-corrected chi connectivity index (χ1v) is 4.32. The minimum Gasteiger partial charge on any atom is -0.366 e. The molecule has 1 aromatic rings. The van der Waals surface area contributed by atoms with Crippen LogP contribution < -0.4 is 5.73 Å². The van der Waals surface area contributed by atoms with Crippen LogP contribution in [0.25, 0.3) is 0 Å². The molecule has 0 saturated carbocycles. The van der Waals surface area contributed by atoms with E-state index in [9.17, 15) is 4.79 Å². The molecule has 0 fully saturated rings. The number of aromatic nitrogens is 2. The zero-order valence-electron chi connectivity index (χ0n) is 8.24. The maximum Gasteiger partial charge on any atom is 0.251 e. The van der Waals surface area contributed by atoms with E-state index in [1.807, 2.05) is 0 Å². The Hall–Kier alpha value is -1.32. The van der Waals surface area contributed by atoms with Gasteiger partial charge in [-0.25, -0.2) is 0 Å². The summed E-state index contributed by atoms with van der Waals surface area (Å²) in [5, 5.41) is 4.10. The summed E-state index contributed by atoms with van der Waals surface area (Å²) in [5.41, 5.74) is 5.52. The summed E-state index contributed by atoms with van der Waals surface area (Å²) in [6, 6.07) is 0. The molecule has 2 N–H and O–H groups in total. The van der Waals surface area contributed by atoms with Crippen molar-refractivity contribution in [2.24, 2.45) is 5.73 Å². The van der Waals surface area contributed by atoms with Gasteiger partial charge >= 0.3 is 0 Å². The van der Waals surface area contributed by atoms with Crippen LogP contribution in [-0.4, -0.2) is 15.7 Å². The second kappa shape index (κ2) is 3.20. The second-order valence-corrected chi connectivity index (χ2v) is 3.70. The number of rotatable bonds is 3. The molecule has 1 amide bonds. The van der Waals surface area contributed by atoms with Crippen LogP contribution in [0.3, 0.4) is 0 Å². The molecule has 0 aliphatic rings. The lowest BCUT2D eigenvalue weighted by Crippen LogP contribution is -2.25. The van der Waals surface area contributed by atoms with Gasteiger partial charge in [0.25, 0.3) is 5.91 Å². The third kappa shape index (κ3) is 1.88. The fraction of sp³-hybridized carbons (Fsp3) is 0.556. The van der Waals surface area contributed by atoms with Gasteiger partial charge in [0.15, 0.2) is 0 Å². The number of carbonyl (C=O) groups excluding carboxylic acids is 1. The van der Waals surface area contributed by atoms with Crippen LogP contribution >= 0.6 is 0 Å². The molecule has 0 spiro atoms. The molecule has 0 unspecified atom stereocenters. The topological polar surface area (TPSA) is 60.9 Å². The van der Waals surface area contributed by atoms with E-state index in [0.29, 0.717) is 5.56 Å². The maximum absolute atomic E-state index is 10.8. The molecule has 0 atom stereocenters. The molecule has 13 heavy (non-hydrogen) atoms. The van der Waals surface area contributed by atoms with Gasteiger partial charge in [-0.3, -0.25) is 9.48 Å². The molecule has 4 heteroatoms. The standard InChI is InChI=1S/C9H15N3O/c1-4-9(2,3)12-6-7(5-11-12)8(10)13/h5-6H,4H2,1-3H3,(H2,10,13). The molecule has 72 valence electrons. The fourth-order valence-electron chi connectivity index (χ4n) is 0.943. The third-order valence-corrected chi connectivity index (χ3v) is 2.35. The number of primary amides is 1. The van der Waals surface area contributed by atoms with E-state index < -0.39 is 5.91 Å². The highest BCUT2D eigenvalue weighted by Crippen LogP contribution is 2.18. The molecule has 0 saturated heterocycles. The van der Waals surface area contributed by atoms with Crippen molar-refractivity contribution in [3.05, 3.63) is 18.0 Å². The summed E-state index contributed by atoms with van der Waals surface area (Å²) in [5.74, 6) is -0.432. The smallest absolute Gasteiger partial charge is 0.251 e. The summed E-state index contributed by atoms with van der Waals surface area (Å²) in [4.78, 5) is 10.8. The van der Waals surface area contributed by atoms with E-state index in [-0.39, 0.29) is 5.54 Å². The van der Waals surface area contributed by atoms with E-state index in [1.165, 1.54) is 6.20 Å². The molecular formula is C9H15N3O. The van der Waals surface area contributed by atoms with Crippen molar-refractivity contribution < 1.29 is 4.79 Å². The van der Waals surface area contributed by atoms with Gasteiger partial charge in [-0.05, 0) is 20.3 Å². The van der Waals surface area contributed by atoms with Crippen molar-refractivity contribution in [2.45, 2.75) is 32.7 Å². The first-order chi connectivity index (χ1) is 5.97. The summed E-state index contributed by atoms with van der Waals surface area (Å²) in [6.45, 7) is 6.20. The lowest BCUT2D eigenvalue weighted by molar-refractivity contribution is 0.1000. The van der Waals surface area contributed by atoms with Gasteiger partial charge in [0, 0.05) is 6.20 Å². The highest BCUT2D eigenvalue weighted by molar-refractivity contribution is 5.92. The highest BCUT2D eigenvalue weighted by Gasteiger charge is 2.19. The molecule has 4 nitrogen and oxygen atoms in total. The Kier molecular flexibility index (Phi) is 2.40. The molecule has 0 aliphatic heterocycles. The summed E-state index contributed by atoms with van der Waals surface area (Å²) in [6.07, 6.45) is 4.14. The molecule has 0 aromatic carbocycles. The number of hydrogen-bond acceptors (Lipinski definition) is 2. The van der Waals surface area contributed by atoms with E-state index in [1.54, 1.807) is 10.9 Å². The monoisotopic (exact) mass is 181 g/mol. The SMILES string of the molecule is CCC(C)(C)n1cc(C(N)=O)cn1. The molecule has 1 heterocycles. The Morgan fingerprint density at radius 1 is 1.69 bits per heavy atom. The first kappa shape index (κ1) is 9.77. The van der Waals surface area contributed by atoms with E-state index in [0.717, 1.165) is 6.42 Å². The van der Waals surface area contributed by atoms with E-state index in [4.69, 9.17) is 5.73 Å². The minimum atomic E-state index is -0.432. The average molecular weight is 181 g/mol. The van der Waals surface area contributed by atoms with Gasteiger partial charge in [-0.15, -0.1) is 0 Å². The van der Waals surface area contributed by atoms with Crippen LogP contribution in [-0.2, 0) is 5.54 Å². The molecule has 1 rings (SSSR count). The predicted octanol–water partition coefficient (Wildman–Crippen LogP) is 1.13. The lowest BCUT2D eigenvalue weighted by atomic mass is 10.0. The minimum absolute atomic E-state index is 0.0618.